The Hall–Kier alpha value is -2.38. The lowest BCUT2D eigenvalue weighted by molar-refractivity contribution is -0.137. The third kappa shape index (κ3) is 3.65. The van der Waals surface area contributed by atoms with E-state index in [1.54, 1.807) is 31.5 Å². The molecular formula is C19H20F3N4O2P. The summed E-state index contributed by atoms with van der Waals surface area (Å²) in [4.78, 5) is 10.9. The molecule has 4 rings (SSSR count). The van der Waals surface area contributed by atoms with Crippen LogP contribution in [0.25, 0.3) is 22.2 Å². The van der Waals surface area contributed by atoms with E-state index in [1.165, 1.54) is 6.20 Å². The van der Waals surface area contributed by atoms with E-state index in [2.05, 4.69) is 20.3 Å². The number of rotatable bonds is 4. The molecule has 154 valence electrons. The van der Waals surface area contributed by atoms with Crippen molar-refractivity contribution in [2.75, 3.05) is 18.6 Å². The van der Waals surface area contributed by atoms with E-state index >= 15 is 0 Å². The Morgan fingerprint density at radius 3 is 2.62 bits per heavy atom. The summed E-state index contributed by atoms with van der Waals surface area (Å²) in [5, 5.41) is 13.7. The minimum atomic E-state index is -4.64. The Morgan fingerprint density at radius 2 is 2.03 bits per heavy atom. The van der Waals surface area contributed by atoms with Gasteiger partial charge >= 0.3 is 6.18 Å². The molecule has 1 aliphatic rings. The van der Waals surface area contributed by atoms with E-state index in [0.29, 0.717) is 29.0 Å². The molecule has 0 saturated heterocycles. The number of aliphatic hydroxyl groups excluding tert-OH is 1. The maximum absolute atomic E-state index is 13.6. The van der Waals surface area contributed by atoms with Gasteiger partial charge in [0.1, 0.15) is 12.7 Å². The van der Waals surface area contributed by atoms with Crippen LogP contribution in [0.3, 0.4) is 0 Å². The zero-order chi connectivity index (χ0) is 21.0. The number of hydrogen-bond donors (Lipinski definition) is 3. The summed E-state index contributed by atoms with van der Waals surface area (Å²) in [7, 11) is -2.64. The molecule has 0 spiro atoms. The van der Waals surface area contributed by atoms with Crippen molar-refractivity contribution in [2.45, 2.75) is 31.2 Å². The summed E-state index contributed by atoms with van der Waals surface area (Å²) in [6, 6.07) is 4.78. The molecular weight excluding hydrogens is 404 g/mol. The number of nitrogens with one attached hydrogen (secondary N) is 2. The van der Waals surface area contributed by atoms with E-state index < -0.39 is 25.0 Å². The molecule has 0 bridgehead atoms. The van der Waals surface area contributed by atoms with Gasteiger partial charge in [0.25, 0.3) is 0 Å². The van der Waals surface area contributed by atoms with E-state index in [9.17, 15) is 22.8 Å². The number of alkyl halides is 3. The minimum Gasteiger partial charge on any atom is -0.391 e. The van der Waals surface area contributed by atoms with E-state index in [0.717, 1.165) is 6.20 Å². The fourth-order valence-corrected chi connectivity index (χ4v) is 4.63. The molecule has 10 heteroatoms. The first-order valence-electron chi connectivity index (χ1n) is 9.10. The van der Waals surface area contributed by atoms with Crippen LogP contribution < -0.4 is 10.6 Å². The molecule has 0 radical (unpaired) electrons. The summed E-state index contributed by atoms with van der Waals surface area (Å²) >= 11 is 0. The lowest BCUT2D eigenvalue weighted by atomic mass is 9.89. The molecule has 1 aliphatic carbocycles. The summed E-state index contributed by atoms with van der Waals surface area (Å²) < 4.78 is 53.5. The van der Waals surface area contributed by atoms with Crippen molar-refractivity contribution in [3.63, 3.8) is 0 Å². The van der Waals surface area contributed by atoms with Crippen LogP contribution in [-0.2, 0) is 10.7 Å². The van der Waals surface area contributed by atoms with Gasteiger partial charge in [0.15, 0.2) is 0 Å². The van der Waals surface area contributed by atoms with Crippen molar-refractivity contribution in [1.82, 2.24) is 15.0 Å². The van der Waals surface area contributed by atoms with Crippen LogP contribution in [0.4, 0.5) is 19.1 Å². The predicted molar refractivity (Wildman–Crippen MR) is 106 cm³/mol. The first-order valence-corrected chi connectivity index (χ1v) is 11.7. The molecule has 0 aliphatic heterocycles. The van der Waals surface area contributed by atoms with Gasteiger partial charge in [0.2, 0.25) is 5.95 Å². The first-order chi connectivity index (χ1) is 13.6. The molecule has 29 heavy (non-hydrogen) atoms. The number of para-hydroxylation sites is 1. The van der Waals surface area contributed by atoms with Crippen LogP contribution in [0.1, 0.15) is 18.4 Å². The molecule has 3 aromatic rings. The molecule has 2 atom stereocenters. The maximum Gasteiger partial charge on any atom is 0.419 e. The molecule has 6 nitrogen and oxygen atoms in total. The highest BCUT2D eigenvalue weighted by Crippen LogP contribution is 2.42. The predicted octanol–water partition coefficient (Wildman–Crippen LogP) is 3.83. The molecule has 1 fully saturated rings. The molecule has 3 N–H and O–H groups in total. The Balaban J connectivity index is 1.87. The highest BCUT2D eigenvalue weighted by atomic mass is 31.2. The summed E-state index contributed by atoms with van der Waals surface area (Å²) in [6.07, 6.45) is -1.69. The summed E-state index contributed by atoms with van der Waals surface area (Å²) in [6.45, 7) is 3.22. The van der Waals surface area contributed by atoms with E-state index in [-0.39, 0.29) is 23.2 Å². The number of aliphatic hydroxyl groups is 1. The zero-order valence-electron chi connectivity index (χ0n) is 15.8. The number of anilines is 1. The SMILES string of the molecule is CP(C)(=O)c1cccc2c(-c3nc(N[C@H]4CC[C@@H]4O)ncc3C(F)(F)F)c[nH]c12. The summed E-state index contributed by atoms with van der Waals surface area (Å²) in [5.74, 6) is 0.0268. The van der Waals surface area contributed by atoms with Gasteiger partial charge in [-0.15, -0.1) is 0 Å². The van der Waals surface area contributed by atoms with Crippen LogP contribution in [0, 0.1) is 0 Å². The van der Waals surface area contributed by atoms with Crippen LogP contribution in [0.2, 0.25) is 0 Å². The maximum atomic E-state index is 13.6. The minimum absolute atomic E-state index is 0.0268. The lowest BCUT2D eigenvalue weighted by Crippen LogP contribution is -2.43. The second kappa shape index (κ2) is 6.85. The Bertz CT molecular complexity index is 1120. The number of H-pyrrole nitrogens is 1. The van der Waals surface area contributed by atoms with Gasteiger partial charge in [-0.25, -0.2) is 9.97 Å². The lowest BCUT2D eigenvalue weighted by Gasteiger charge is -2.33. The normalized spacial score (nSPS) is 19.9. The number of nitrogens with zero attached hydrogens (tertiary/aromatic N) is 2. The Morgan fingerprint density at radius 1 is 1.28 bits per heavy atom. The van der Waals surface area contributed by atoms with Gasteiger partial charge in [-0.2, -0.15) is 13.2 Å². The Labute approximate surface area is 164 Å². The molecule has 2 heterocycles. The quantitative estimate of drug-likeness (QED) is 0.554. The van der Waals surface area contributed by atoms with Gasteiger partial charge in [-0.05, 0) is 32.2 Å². The number of hydrogen-bond acceptors (Lipinski definition) is 5. The smallest absolute Gasteiger partial charge is 0.391 e. The number of fused-ring (bicyclic) bond motifs is 1. The average Bonchev–Trinajstić information content (AvgIpc) is 3.07. The van der Waals surface area contributed by atoms with Gasteiger partial charge in [-0.3, -0.25) is 0 Å². The third-order valence-corrected chi connectivity index (χ3v) is 6.71. The first kappa shape index (κ1) is 19.9. The van der Waals surface area contributed by atoms with Gasteiger partial charge in [0.05, 0.1) is 23.4 Å². The van der Waals surface area contributed by atoms with Crippen LogP contribution in [-0.4, -0.2) is 45.5 Å². The van der Waals surface area contributed by atoms with Gasteiger partial charge in [-0.1, -0.05) is 12.1 Å². The number of aromatic nitrogens is 3. The van der Waals surface area contributed by atoms with Crippen LogP contribution >= 0.6 is 7.14 Å². The van der Waals surface area contributed by atoms with E-state index in [1.807, 2.05) is 0 Å². The van der Waals surface area contributed by atoms with Crippen molar-refractivity contribution < 1.29 is 22.8 Å². The van der Waals surface area contributed by atoms with Crippen molar-refractivity contribution in [1.29, 1.82) is 0 Å². The summed E-state index contributed by atoms with van der Waals surface area (Å²) in [5.41, 5.74) is -0.442. The Kier molecular flexibility index (Phi) is 4.70. The van der Waals surface area contributed by atoms with Gasteiger partial charge < -0.3 is 20.0 Å². The standard InChI is InChI=1S/C19H20F3N4O2P/c1-29(2,28)15-5-3-4-10-11(8-23-17(10)15)16-12(19(20,21)22)9-24-18(26-16)25-13-6-7-14(13)27/h3-5,8-9,13-14,23,27H,6-7H2,1-2H3,(H,24,25,26)/t13-,14-/m0/s1. The topological polar surface area (TPSA) is 90.9 Å². The van der Waals surface area contributed by atoms with Crippen molar-refractivity contribution >= 4 is 29.3 Å². The zero-order valence-corrected chi connectivity index (χ0v) is 16.7. The third-order valence-electron chi connectivity index (χ3n) is 5.18. The number of benzene rings is 1. The van der Waals surface area contributed by atoms with Crippen molar-refractivity contribution in [3.05, 3.63) is 36.2 Å². The highest BCUT2D eigenvalue weighted by Gasteiger charge is 2.37. The number of halogens is 3. The second-order valence-corrected chi connectivity index (χ2v) is 10.8. The molecule has 0 unspecified atom stereocenters. The number of aromatic amines is 1. The fourth-order valence-electron chi connectivity index (χ4n) is 3.46. The van der Waals surface area contributed by atoms with Crippen molar-refractivity contribution in [3.8, 4) is 11.3 Å². The molecule has 1 saturated carbocycles. The second-order valence-electron chi connectivity index (χ2n) is 7.60. The van der Waals surface area contributed by atoms with E-state index in [4.69, 9.17) is 0 Å². The highest BCUT2D eigenvalue weighted by molar-refractivity contribution is 7.70. The van der Waals surface area contributed by atoms with Crippen molar-refractivity contribution in [2.24, 2.45) is 0 Å². The average molecular weight is 424 g/mol. The molecule has 1 aromatic carbocycles. The fraction of sp³-hybridized carbons (Fsp3) is 0.368. The van der Waals surface area contributed by atoms with Crippen LogP contribution in [0.5, 0.6) is 0 Å². The van der Waals surface area contributed by atoms with Gasteiger partial charge in [0, 0.05) is 28.6 Å². The molecule has 2 aromatic heterocycles. The molecule has 0 amide bonds. The largest absolute Gasteiger partial charge is 0.419 e. The van der Waals surface area contributed by atoms with Crippen LogP contribution in [0.15, 0.2) is 30.6 Å². The monoisotopic (exact) mass is 424 g/mol.